The van der Waals surface area contributed by atoms with E-state index in [0.717, 1.165) is 47.8 Å². The van der Waals surface area contributed by atoms with Crippen molar-refractivity contribution in [3.63, 3.8) is 0 Å². The van der Waals surface area contributed by atoms with Gasteiger partial charge >= 0.3 is 0 Å². The molecule has 1 atom stereocenters. The molecule has 27 heavy (non-hydrogen) atoms. The third kappa shape index (κ3) is 3.76. The monoisotopic (exact) mass is 385 g/mol. The lowest BCUT2D eigenvalue weighted by molar-refractivity contribution is 0.104. The summed E-state index contributed by atoms with van der Waals surface area (Å²) in [5, 5.41) is 4.67. The summed E-state index contributed by atoms with van der Waals surface area (Å²) in [6, 6.07) is 8.05. The number of ketones is 1. The fraction of sp³-hybridized carbons (Fsp3) is 0.400. The van der Waals surface area contributed by atoms with Crippen LogP contribution in [0.5, 0.6) is 5.88 Å². The highest BCUT2D eigenvalue weighted by molar-refractivity contribution is 7.20. The number of hydrogen-bond acceptors (Lipinski definition) is 6. The zero-order valence-corrected chi connectivity index (χ0v) is 16.3. The Morgan fingerprint density at radius 2 is 2.33 bits per heavy atom. The van der Waals surface area contributed by atoms with Gasteiger partial charge in [-0.1, -0.05) is 0 Å². The lowest BCUT2D eigenvalue weighted by atomic mass is 10.1. The fourth-order valence-corrected chi connectivity index (χ4v) is 4.60. The lowest BCUT2D eigenvalue weighted by Gasteiger charge is -2.12. The van der Waals surface area contributed by atoms with Crippen LogP contribution in [0.2, 0.25) is 0 Å². The van der Waals surface area contributed by atoms with Crippen molar-refractivity contribution < 1.29 is 14.3 Å². The van der Waals surface area contributed by atoms with E-state index < -0.39 is 0 Å². The quantitative estimate of drug-likeness (QED) is 0.634. The van der Waals surface area contributed by atoms with Crippen molar-refractivity contribution in [1.29, 1.82) is 0 Å². The number of nitrogens with zero attached hydrogens (tertiary/aromatic N) is 2. The van der Waals surface area contributed by atoms with Gasteiger partial charge in [0.1, 0.15) is 4.83 Å². The first-order valence-electron chi connectivity index (χ1n) is 9.11. The predicted molar refractivity (Wildman–Crippen MR) is 106 cm³/mol. The molecule has 6 nitrogen and oxygen atoms in total. The number of carbonyl (C=O) groups excluding carboxylic acids is 1. The van der Waals surface area contributed by atoms with Crippen molar-refractivity contribution in [1.82, 2.24) is 14.9 Å². The summed E-state index contributed by atoms with van der Waals surface area (Å²) >= 11 is 1.54. The molecule has 7 heteroatoms. The Labute approximate surface area is 162 Å². The van der Waals surface area contributed by atoms with Gasteiger partial charge in [0.2, 0.25) is 11.7 Å². The van der Waals surface area contributed by atoms with E-state index in [1.54, 1.807) is 36.8 Å². The largest absolute Gasteiger partial charge is 0.481 e. The minimum atomic E-state index is -0.00298. The number of rotatable bonds is 7. The van der Waals surface area contributed by atoms with Crippen LogP contribution in [0.25, 0.3) is 10.2 Å². The average Bonchev–Trinajstić information content (AvgIpc) is 3.40. The molecular weight excluding hydrogens is 362 g/mol. The van der Waals surface area contributed by atoms with E-state index in [1.807, 2.05) is 6.07 Å². The summed E-state index contributed by atoms with van der Waals surface area (Å²) < 4.78 is 12.7. The number of thiophene rings is 1. The summed E-state index contributed by atoms with van der Waals surface area (Å²) in [5.41, 5.74) is 1.79. The molecule has 1 fully saturated rings. The normalized spacial score (nSPS) is 16.9. The molecule has 1 saturated heterocycles. The van der Waals surface area contributed by atoms with Crippen LogP contribution in [-0.4, -0.2) is 48.2 Å². The van der Waals surface area contributed by atoms with Gasteiger partial charge in [-0.15, -0.1) is 11.3 Å². The molecule has 0 spiro atoms. The summed E-state index contributed by atoms with van der Waals surface area (Å²) in [6.07, 6.45) is 2.64. The minimum absolute atomic E-state index is 0.00298. The Kier molecular flexibility index (Phi) is 5.24. The van der Waals surface area contributed by atoms with Crippen molar-refractivity contribution in [3.8, 4) is 5.88 Å². The van der Waals surface area contributed by atoms with Crippen molar-refractivity contribution in [2.45, 2.75) is 25.9 Å². The molecule has 0 amide bonds. The number of aryl methyl sites for hydroxylation is 1. The SMILES string of the molecule is COc1ccc(C(=O)c2cc3cc(C)n(CCNC4CCOC4)c3s2)cn1. The molecule has 3 aromatic heterocycles. The van der Waals surface area contributed by atoms with E-state index in [1.165, 1.54) is 5.69 Å². The number of hydrogen-bond donors (Lipinski definition) is 1. The van der Waals surface area contributed by atoms with Crippen LogP contribution in [0.1, 0.15) is 27.3 Å². The summed E-state index contributed by atoms with van der Waals surface area (Å²) in [5.74, 6) is 0.502. The molecule has 0 aliphatic carbocycles. The Morgan fingerprint density at radius 3 is 3.04 bits per heavy atom. The topological polar surface area (TPSA) is 65.4 Å². The molecule has 0 bridgehead atoms. The predicted octanol–water partition coefficient (Wildman–Crippen LogP) is 3.02. The van der Waals surface area contributed by atoms with Crippen LogP contribution >= 0.6 is 11.3 Å². The second-order valence-corrected chi connectivity index (χ2v) is 7.77. The third-order valence-electron chi connectivity index (χ3n) is 4.91. The third-order valence-corrected chi connectivity index (χ3v) is 6.08. The highest BCUT2D eigenvalue weighted by atomic mass is 32.1. The number of carbonyl (C=O) groups is 1. The van der Waals surface area contributed by atoms with Crippen LogP contribution in [0.4, 0.5) is 0 Å². The molecule has 0 radical (unpaired) electrons. The summed E-state index contributed by atoms with van der Waals surface area (Å²) in [4.78, 5) is 18.8. The fourth-order valence-electron chi connectivity index (χ4n) is 3.42. The number of fused-ring (bicyclic) bond motifs is 1. The van der Waals surface area contributed by atoms with Gasteiger partial charge in [0.15, 0.2) is 0 Å². The number of nitrogens with one attached hydrogen (secondary N) is 1. The van der Waals surface area contributed by atoms with E-state index in [4.69, 9.17) is 9.47 Å². The number of ether oxygens (including phenoxy) is 2. The molecule has 3 aromatic rings. The Hall–Kier alpha value is -2.22. The van der Waals surface area contributed by atoms with Crippen molar-refractivity contribution >= 4 is 27.3 Å². The number of pyridine rings is 1. The molecule has 0 saturated carbocycles. The standard InChI is InChI=1S/C20H23N3O3S/c1-13-9-15-10-17(19(24)14-3-4-18(25-2)22-11-14)27-20(15)23(13)7-6-21-16-5-8-26-12-16/h3-4,9-11,16,21H,5-8,12H2,1-2H3. The highest BCUT2D eigenvalue weighted by Gasteiger charge is 2.18. The van der Waals surface area contributed by atoms with E-state index in [9.17, 15) is 4.79 Å². The van der Waals surface area contributed by atoms with Crippen molar-refractivity contribution in [2.75, 3.05) is 26.9 Å². The van der Waals surface area contributed by atoms with Gasteiger partial charge in [-0.05, 0) is 31.5 Å². The molecule has 142 valence electrons. The lowest BCUT2D eigenvalue weighted by Crippen LogP contribution is -2.32. The summed E-state index contributed by atoms with van der Waals surface area (Å²) in [6.45, 7) is 5.53. The number of methoxy groups -OCH3 is 1. The average molecular weight is 385 g/mol. The minimum Gasteiger partial charge on any atom is -0.481 e. The first-order chi connectivity index (χ1) is 13.2. The van der Waals surface area contributed by atoms with Gasteiger partial charge in [0, 0.05) is 54.6 Å². The molecule has 0 aromatic carbocycles. The molecule has 1 aliphatic heterocycles. The van der Waals surface area contributed by atoms with Crippen molar-refractivity contribution in [3.05, 3.63) is 46.6 Å². The van der Waals surface area contributed by atoms with Gasteiger partial charge in [-0.2, -0.15) is 0 Å². The van der Waals surface area contributed by atoms with E-state index in [2.05, 4.69) is 27.9 Å². The van der Waals surface area contributed by atoms with Gasteiger partial charge in [-0.25, -0.2) is 4.98 Å². The first-order valence-corrected chi connectivity index (χ1v) is 9.93. The maximum absolute atomic E-state index is 12.8. The van der Waals surface area contributed by atoms with E-state index in [0.29, 0.717) is 17.5 Å². The van der Waals surface area contributed by atoms with Crippen LogP contribution in [0.15, 0.2) is 30.5 Å². The van der Waals surface area contributed by atoms with Crippen LogP contribution in [0, 0.1) is 6.92 Å². The van der Waals surface area contributed by atoms with Crippen LogP contribution in [0.3, 0.4) is 0 Å². The first kappa shape index (κ1) is 18.2. The molecule has 1 N–H and O–H groups in total. The Bertz CT molecular complexity index is 939. The van der Waals surface area contributed by atoms with Gasteiger partial charge in [0.25, 0.3) is 0 Å². The second-order valence-electron chi connectivity index (χ2n) is 6.74. The van der Waals surface area contributed by atoms with Gasteiger partial charge < -0.3 is 19.4 Å². The molecule has 4 heterocycles. The Balaban J connectivity index is 1.51. The van der Waals surface area contributed by atoms with E-state index in [-0.39, 0.29) is 5.78 Å². The molecule has 1 unspecified atom stereocenters. The van der Waals surface area contributed by atoms with E-state index >= 15 is 0 Å². The smallest absolute Gasteiger partial charge is 0.212 e. The number of aromatic nitrogens is 2. The Morgan fingerprint density at radius 1 is 1.44 bits per heavy atom. The zero-order valence-electron chi connectivity index (χ0n) is 15.5. The van der Waals surface area contributed by atoms with Crippen LogP contribution in [-0.2, 0) is 11.3 Å². The maximum Gasteiger partial charge on any atom is 0.212 e. The molecule has 4 rings (SSSR count). The second kappa shape index (κ2) is 7.80. The van der Waals surface area contributed by atoms with Crippen molar-refractivity contribution in [2.24, 2.45) is 0 Å². The maximum atomic E-state index is 12.8. The zero-order chi connectivity index (χ0) is 18.8. The van der Waals surface area contributed by atoms with Crippen LogP contribution < -0.4 is 10.1 Å². The summed E-state index contributed by atoms with van der Waals surface area (Å²) in [7, 11) is 1.56. The van der Waals surface area contributed by atoms with Gasteiger partial charge in [0.05, 0.1) is 18.6 Å². The highest BCUT2D eigenvalue weighted by Crippen LogP contribution is 2.30. The van der Waals surface area contributed by atoms with Gasteiger partial charge in [-0.3, -0.25) is 4.79 Å². The molecular formula is C20H23N3O3S. The molecule has 1 aliphatic rings.